The summed E-state index contributed by atoms with van der Waals surface area (Å²) in [7, 11) is 0. The van der Waals surface area contributed by atoms with Crippen LogP contribution in [0.15, 0.2) is 91.0 Å². The normalized spacial score (nSPS) is 13.6. The van der Waals surface area contributed by atoms with Crippen molar-refractivity contribution in [2.24, 2.45) is 35.3 Å². The monoisotopic (exact) mass is 1130 g/mol. The zero-order valence-electron chi connectivity index (χ0n) is 48.9. The Bertz CT molecular complexity index is 1730. The lowest BCUT2D eigenvalue weighted by atomic mass is 9.95. The average Bonchev–Trinajstić information content (AvgIpc) is 3.25. The number of carbonyl (C=O) groups excluding carboxylic acids is 3. The third kappa shape index (κ3) is 37.1. The zero-order chi connectivity index (χ0) is 55.0. The fourth-order valence-corrected chi connectivity index (χ4v) is 7.68. The minimum absolute atomic E-state index is 0. The molecule has 0 aromatic heterocycles. The number of rotatable bonds is 21. The molecule has 0 unspecified atom stereocenters. The summed E-state index contributed by atoms with van der Waals surface area (Å²) in [6, 6.07) is 29.4. The third-order valence-corrected chi connectivity index (χ3v) is 11.2. The van der Waals surface area contributed by atoms with Crippen molar-refractivity contribution in [2.75, 3.05) is 39.3 Å². The molecule has 6 atom stereocenters. The minimum Gasteiger partial charge on any atom is -0.391 e. The highest BCUT2D eigenvalue weighted by Gasteiger charge is 2.28. The fraction of sp³-hybridized carbons (Fsp3) is 0.650. The number of nitrogens with two attached hydrogens (primary N) is 1. The Kier molecular flexibility index (Phi) is 40.1. The van der Waals surface area contributed by atoms with Crippen LogP contribution in [0.1, 0.15) is 142 Å². The van der Waals surface area contributed by atoms with Crippen molar-refractivity contribution in [2.45, 2.75) is 185 Å². The van der Waals surface area contributed by atoms with Crippen LogP contribution in [0.25, 0.3) is 0 Å². The molecule has 3 aromatic carbocycles. The molecule has 0 spiro atoms. The SMILES string of the molecule is C.CC(C)CN(C[C@@H](O)[C@@H](C)Cc1ccccc1)C(=O)NC(C)(C)C.CC(C)CN(C[C@@H](O)[C@@H](C)Cc1ccccc1)C(=O)NC(C)(C)C.CC(C)CN(C[C@@H](O)[C@@H](N)Cc1ccccc1)C(=O)NC(C)(C)C.Cl.Cl.Cl. The van der Waals surface area contributed by atoms with Crippen LogP contribution in [0.5, 0.6) is 0 Å². The number of halogens is 3. The van der Waals surface area contributed by atoms with E-state index in [1.165, 1.54) is 11.1 Å². The molecular weight excluding hydrogens is 1020 g/mol. The van der Waals surface area contributed by atoms with Gasteiger partial charge in [-0.25, -0.2) is 14.4 Å². The van der Waals surface area contributed by atoms with Crippen molar-refractivity contribution in [1.29, 1.82) is 0 Å². The van der Waals surface area contributed by atoms with Gasteiger partial charge in [0.05, 0.1) is 18.3 Å². The first-order chi connectivity index (χ1) is 33.2. The molecule has 6 amide bonds. The number of aliphatic hydroxyl groups excluding tert-OH is 3. The topological polar surface area (TPSA) is 184 Å². The molecule has 0 radical (unpaired) electrons. The van der Waals surface area contributed by atoms with E-state index >= 15 is 0 Å². The Labute approximate surface area is 480 Å². The van der Waals surface area contributed by atoms with Crippen molar-refractivity contribution in [3.8, 4) is 0 Å². The highest BCUT2D eigenvalue weighted by atomic mass is 35.5. The average molecular weight is 1130 g/mol. The molecule has 0 aliphatic heterocycles. The van der Waals surface area contributed by atoms with Gasteiger partial charge < -0.3 is 51.7 Å². The van der Waals surface area contributed by atoms with Gasteiger partial charge in [-0.2, -0.15) is 0 Å². The standard InChI is InChI=1S/2C20H34N2O2.C19H33N3O2.CH4.3ClH/c2*1-15(2)13-22(19(24)21-20(4,5)6)14-18(23)16(3)12-17-10-8-7-9-11-17;1-14(2)12-22(18(24)21-19(3,4)5)13-17(23)16(20)11-15-9-7-6-8-10-15;;;;/h2*7-11,15-16,18,23H,12-14H2,1-6H3,(H,21,24);6-10,14,16-17,23H,11-13,20H2,1-5H3,(H,21,24);1H4;3*1H/t2*16-,18+;16-,17+;;;;/m000..../s1. The highest BCUT2D eigenvalue weighted by Crippen LogP contribution is 2.17. The summed E-state index contributed by atoms with van der Waals surface area (Å²) in [5.74, 6) is 1.20. The van der Waals surface area contributed by atoms with Gasteiger partial charge in [0.15, 0.2) is 0 Å². The van der Waals surface area contributed by atoms with Crippen LogP contribution in [0.3, 0.4) is 0 Å². The quantitative estimate of drug-likeness (QED) is 0.0554. The molecule has 13 nitrogen and oxygen atoms in total. The first-order valence-corrected chi connectivity index (χ1v) is 26.4. The van der Waals surface area contributed by atoms with Gasteiger partial charge in [0.1, 0.15) is 0 Å². The summed E-state index contributed by atoms with van der Waals surface area (Å²) >= 11 is 0. The Morgan fingerprint density at radius 1 is 0.421 bits per heavy atom. The van der Waals surface area contributed by atoms with Crippen molar-refractivity contribution in [3.63, 3.8) is 0 Å². The number of nitrogens with zero attached hydrogens (tertiary/aromatic N) is 3. The number of hydrogen-bond acceptors (Lipinski definition) is 7. The van der Waals surface area contributed by atoms with Gasteiger partial charge in [-0.3, -0.25) is 0 Å². The summed E-state index contributed by atoms with van der Waals surface area (Å²) in [4.78, 5) is 42.6. The van der Waals surface area contributed by atoms with Gasteiger partial charge in [0, 0.05) is 61.9 Å². The highest BCUT2D eigenvalue weighted by molar-refractivity contribution is 5.86. The molecule has 0 heterocycles. The van der Waals surface area contributed by atoms with Crippen LogP contribution < -0.4 is 21.7 Å². The fourth-order valence-electron chi connectivity index (χ4n) is 7.68. The second kappa shape index (κ2) is 38.7. The predicted molar refractivity (Wildman–Crippen MR) is 327 cm³/mol. The van der Waals surface area contributed by atoms with Crippen LogP contribution in [-0.2, 0) is 19.3 Å². The van der Waals surface area contributed by atoms with E-state index < -0.39 is 24.4 Å². The van der Waals surface area contributed by atoms with Gasteiger partial charge in [-0.1, -0.05) is 154 Å². The van der Waals surface area contributed by atoms with Gasteiger partial charge in [0.2, 0.25) is 0 Å². The minimum atomic E-state index is -0.769. The molecule has 0 saturated carbocycles. The second-order valence-corrected chi connectivity index (χ2v) is 24.3. The first kappa shape index (κ1) is 78.7. The molecule has 0 aliphatic rings. The number of carbonyl (C=O) groups is 3. The molecule has 0 aliphatic carbocycles. The van der Waals surface area contributed by atoms with E-state index in [1.54, 1.807) is 14.7 Å². The Balaban J connectivity index is -0.000000498. The molecule has 3 aromatic rings. The number of benzene rings is 3. The smallest absolute Gasteiger partial charge is 0.317 e. The molecule has 0 bridgehead atoms. The van der Waals surface area contributed by atoms with Crippen LogP contribution in [0.4, 0.5) is 14.4 Å². The van der Waals surface area contributed by atoms with Gasteiger partial charge in [0.25, 0.3) is 0 Å². The maximum atomic E-state index is 12.5. The van der Waals surface area contributed by atoms with E-state index in [0.29, 0.717) is 56.9 Å². The third-order valence-electron chi connectivity index (χ3n) is 11.2. The van der Waals surface area contributed by atoms with Crippen LogP contribution in [0.2, 0.25) is 0 Å². The van der Waals surface area contributed by atoms with Crippen molar-refractivity contribution in [1.82, 2.24) is 30.7 Å². The first-order valence-electron chi connectivity index (χ1n) is 26.4. The zero-order valence-corrected chi connectivity index (χ0v) is 51.4. The van der Waals surface area contributed by atoms with Crippen molar-refractivity contribution in [3.05, 3.63) is 108 Å². The summed E-state index contributed by atoms with van der Waals surface area (Å²) in [5, 5.41) is 40.6. The molecule has 16 heteroatoms. The van der Waals surface area contributed by atoms with Crippen LogP contribution in [-0.4, -0.2) is 128 Å². The van der Waals surface area contributed by atoms with E-state index in [4.69, 9.17) is 5.73 Å². The van der Waals surface area contributed by atoms with Crippen LogP contribution >= 0.6 is 37.2 Å². The molecule has 0 fully saturated rings. The van der Waals surface area contributed by atoms with Gasteiger partial charge in [-0.05, 0) is 128 Å². The van der Waals surface area contributed by atoms with E-state index in [-0.39, 0.29) is 97.7 Å². The largest absolute Gasteiger partial charge is 0.391 e. The van der Waals surface area contributed by atoms with Crippen LogP contribution in [0, 0.1) is 29.6 Å². The Morgan fingerprint density at radius 2 is 0.645 bits per heavy atom. The molecule has 3 rings (SSSR count). The number of hydrogen-bond donors (Lipinski definition) is 7. The summed E-state index contributed by atoms with van der Waals surface area (Å²) < 4.78 is 0. The lowest BCUT2D eigenvalue weighted by Gasteiger charge is -2.32. The number of urea groups is 3. The molecule has 440 valence electrons. The Morgan fingerprint density at radius 3 is 0.868 bits per heavy atom. The Hall–Kier alpha value is -3.82. The van der Waals surface area contributed by atoms with Crippen molar-refractivity contribution < 1.29 is 29.7 Å². The maximum Gasteiger partial charge on any atom is 0.317 e. The molecular formula is C60H108Cl3N7O6. The number of aliphatic hydroxyl groups is 3. The van der Waals surface area contributed by atoms with E-state index in [9.17, 15) is 29.7 Å². The van der Waals surface area contributed by atoms with Crippen molar-refractivity contribution >= 4 is 55.3 Å². The lowest BCUT2D eigenvalue weighted by molar-refractivity contribution is 0.0746. The van der Waals surface area contributed by atoms with E-state index in [2.05, 4.69) is 67.9 Å². The van der Waals surface area contributed by atoms with Gasteiger partial charge in [-0.15, -0.1) is 37.2 Å². The summed E-state index contributed by atoms with van der Waals surface area (Å²) in [6.45, 7) is 36.9. The van der Waals surface area contributed by atoms with Gasteiger partial charge >= 0.3 is 18.1 Å². The molecule has 76 heavy (non-hydrogen) atoms. The summed E-state index contributed by atoms with van der Waals surface area (Å²) in [6.07, 6.45) is 0.328. The predicted octanol–water partition coefficient (Wildman–Crippen LogP) is 11.7. The number of nitrogens with one attached hydrogen (secondary N) is 3. The molecule has 8 N–H and O–H groups in total. The van der Waals surface area contributed by atoms with E-state index in [0.717, 1.165) is 18.4 Å². The van der Waals surface area contributed by atoms with E-state index in [1.807, 2.05) is 157 Å². The molecule has 0 saturated heterocycles. The lowest BCUT2D eigenvalue weighted by Crippen LogP contribution is -2.53. The maximum absolute atomic E-state index is 12.5. The number of amides is 6. The summed E-state index contributed by atoms with van der Waals surface area (Å²) in [5.41, 5.74) is 8.76. The second-order valence-electron chi connectivity index (χ2n) is 24.3.